The van der Waals surface area contributed by atoms with E-state index < -0.39 is 15.5 Å². The van der Waals surface area contributed by atoms with E-state index in [4.69, 9.17) is 9.57 Å². The first-order chi connectivity index (χ1) is 14.2. The maximum Gasteiger partial charge on any atom is 0.516 e. The Labute approximate surface area is 174 Å². The van der Waals surface area contributed by atoms with Crippen LogP contribution in [0.4, 0.5) is 18.9 Å². The minimum Gasteiger partial charge on any atom is -0.393 e. The van der Waals surface area contributed by atoms with Gasteiger partial charge in [-0.1, -0.05) is 61.0 Å². The quantitative estimate of drug-likeness (QED) is 0.362. The highest BCUT2D eigenvalue weighted by Crippen LogP contribution is 2.29. The molecule has 2 aromatic carbocycles. The van der Waals surface area contributed by atoms with Crippen molar-refractivity contribution in [1.82, 2.24) is 0 Å². The molecule has 0 heterocycles. The van der Waals surface area contributed by atoms with Gasteiger partial charge in [0.15, 0.2) is 0 Å². The topological polar surface area (TPSA) is 77.0 Å². The first kappa shape index (κ1) is 25.4. The van der Waals surface area contributed by atoms with Gasteiger partial charge < -0.3 is 9.57 Å². The smallest absolute Gasteiger partial charge is 0.393 e. The van der Waals surface area contributed by atoms with Crippen molar-refractivity contribution in [3.63, 3.8) is 0 Å². The predicted molar refractivity (Wildman–Crippen MR) is 111 cm³/mol. The monoisotopic (exact) mass is 446 g/mol. The fourth-order valence-corrected chi connectivity index (χ4v) is 2.81. The molecule has 0 saturated carbocycles. The number of ether oxygens (including phenoxy) is 1. The molecule has 166 valence electrons. The Hall–Kier alpha value is -2.59. The molecule has 0 amide bonds. The number of methoxy groups -OCH3 is 1. The van der Waals surface area contributed by atoms with Crippen LogP contribution < -0.4 is 4.72 Å². The van der Waals surface area contributed by atoms with Gasteiger partial charge in [0.25, 0.3) is 0 Å². The molecular formula is C20H25F3N2O4S. The number of hydrogen-bond donors (Lipinski definition) is 1. The molecule has 0 aromatic heterocycles. The van der Waals surface area contributed by atoms with Crippen LogP contribution in [-0.4, -0.2) is 40.0 Å². The molecule has 30 heavy (non-hydrogen) atoms. The summed E-state index contributed by atoms with van der Waals surface area (Å²) in [5, 5.41) is 4.02. The number of oxime groups is 1. The third kappa shape index (κ3) is 7.03. The van der Waals surface area contributed by atoms with Crippen LogP contribution in [0.2, 0.25) is 0 Å². The average Bonchev–Trinajstić information content (AvgIpc) is 2.71. The summed E-state index contributed by atoms with van der Waals surface area (Å²) in [5.41, 5.74) is -4.14. The highest BCUT2D eigenvalue weighted by molar-refractivity contribution is 7.93. The summed E-state index contributed by atoms with van der Waals surface area (Å²) in [6.07, 6.45) is 0. The number of aryl methyl sites for hydroxylation is 1. The molecule has 0 spiro atoms. The van der Waals surface area contributed by atoms with Crippen molar-refractivity contribution in [3.8, 4) is 0 Å². The Kier molecular flexibility index (Phi) is 9.80. The van der Waals surface area contributed by atoms with Crippen molar-refractivity contribution in [1.29, 1.82) is 0 Å². The SMILES string of the molecule is CC.COCCO/N=C(\c1ccccc1)c1cc(C)ccc1NS(=O)(=O)C(F)(F)F. The highest BCUT2D eigenvalue weighted by atomic mass is 32.2. The van der Waals surface area contributed by atoms with E-state index in [-0.39, 0.29) is 30.2 Å². The average molecular weight is 446 g/mol. The van der Waals surface area contributed by atoms with Gasteiger partial charge in [-0.25, -0.2) is 0 Å². The first-order valence-electron chi connectivity index (χ1n) is 9.10. The second-order valence-corrected chi connectivity index (χ2v) is 7.41. The van der Waals surface area contributed by atoms with Crippen LogP contribution >= 0.6 is 0 Å². The minimum atomic E-state index is -5.60. The third-order valence-electron chi connectivity index (χ3n) is 3.56. The minimum absolute atomic E-state index is 0.113. The van der Waals surface area contributed by atoms with Gasteiger partial charge in [0.1, 0.15) is 12.3 Å². The van der Waals surface area contributed by atoms with E-state index in [0.717, 1.165) is 0 Å². The lowest BCUT2D eigenvalue weighted by molar-refractivity contribution is -0.0429. The molecular weight excluding hydrogens is 421 g/mol. The van der Waals surface area contributed by atoms with Crippen molar-refractivity contribution in [2.75, 3.05) is 25.0 Å². The normalized spacial score (nSPS) is 12.0. The van der Waals surface area contributed by atoms with E-state index in [0.29, 0.717) is 11.1 Å². The van der Waals surface area contributed by atoms with Gasteiger partial charge in [-0.15, -0.1) is 0 Å². The third-order valence-corrected chi connectivity index (χ3v) is 4.66. The molecule has 2 rings (SSSR count). The number of alkyl halides is 3. The summed E-state index contributed by atoms with van der Waals surface area (Å²) in [6, 6.07) is 12.8. The van der Waals surface area contributed by atoms with Crippen molar-refractivity contribution >= 4 is 21.4 Å². The van der Waals surface area contributed by atoms with Crippen molar-refractivity contribution in [2.45, 2.75) is 26.3 Å². The predicted octanol–water partition coefficient (Wildman–Crippen LogP) is 4.70. The van der Waals surface area contributed by atoms with E-state index in [1.54, 1.807) is 42.0 Å². The number of rotatable bonds is 8. The summed E-state index contributed by atoms with van der Waals surface area (Å²) >= 11 is 0. The Bertz CT molecular complexity index is 931. The maximum absolute atomic E-state index is 12.8. The molecule has 0 radical (unpaired) electrons. The van der Waals surface area contributed by atoms with Crippen molar-refractivity contribution < 1.29 is 31.2 Å². The van der Waals surface area contributed by atoms with Crippen LogP contribution in [-0.2, 0) is 19.6 Å². The van der Waals surface area contributed by atoms with Crippen LogP contribution in [0.3, 0.4) is 0 Å². The van der Waals surface area contributed by atoms with Crippen LogP contribution in [0, 0.1) is 6.92 Å². The molecule has 0 atom stereocenters. The number of hydrogen-bond acceptors (Lipinski definition) is 5. The number of benzene rings is 2. The molecule has 2 aromatic rings. The summed E-state index contributed by atoms with van der Waals surface area (Å²) in [4.78, 5) is 5.20. The molecule has 6 nitrogen and oxygen atoms in total. The molecule has 0 aliphatic rings. The first-order valence-corrected chi connectivity index (χ1v) is 10.6. The Balaban J connectivity index is 0.00000218. The fourth-order valence-electron chi connectivity index (χ4n) is 2.23. The van der Waals surface area contributed by atoms with Gasteiger partial charge in [-0.05, 0) is 19.1 Å². The van der Waals surface area contributed by atoms with E-state index in [9.17, 15) is 21.6 Å². The summed E-state index contributed by atoms with van der Waals surface area (Å²) in [5.74, 6) is 0. The number of sulfonamides is 1. The largest absolute Gasteiger partial charge is 0.516 e. The summed E-state index contributed by atoms with van der Waals surface area (Å²) in [7, 11) is -4.11. The molecule has 0 fully saturated rings. The molecule has 0 aliphatic carbocycles. The molecule has 0 bridgehead atoms. The van der Waals surface area contributed by atoms with Crippen LogP contribution in [0.5, 0.6) is 0 Å². The Morgan fingerprint density at radius 3 is 2.27 bits per heavy atom. The second-order valence-electron chi connectivity index (χ2n) is 5.73. The van der Waals surface area contributed by atoms with Crippen LogP contribution in [0.15, 0.2) is 53.7 Å². The van der Waals surface area contributed by atoms with Crippen LogP contribution in [0.1, 0.15) is 30.5 Å². The summed E-state index contributed by atoms with van der Waals surface area (Å²) < 4.78 is 68.1. The van der Waals surface area contributed by atoms with E-state index >= 15 is 0 Å². The van der Waals surface area contributed by atoms with Gasteiger partial charge in [0.2, 0.25) is 0 Å². The molecule has 0 unspecified atom stereocenters. The van der Waals surface area contributed by atoms with Gasteiger partial charge >= 0.3 is 15.5 Å². The lowest BCUT2D eigenvalue weighted by Crippen LogP contribution is -2.30. The maximum atomic E-state index is 12.8. The number of nitrogens with zero attached hydrogens (tertiary/aromatic N) is 1. The molecule has 0 aliphatic heterocycles. The van der Waals surface area contributed by atoms with E-state index in [2.05, 4.69) is 5.16 Å². The Morgan fingerprint density at radius 1 is 1.07 bits per heavy atom. The number of nitrogens with one attached hydrogen (secondary N) is 1. The van der Waals surface area contributed by atoms with Crippen molar-refractivity contribution in [2.24, 2.45) is 5.16 Å². The molecule has 1 N–H and O–H groups in total. The zero-order chi connectivity index (χ0) is 22.8. The van der Waals surface area contributed by atoms with Gasteiger partial charge in [0, 0.05) is 18.2 Å². The highest BCUT2D eigenvalue weighted by Gasteiger charge is 2.46. The zero-order valence-electron chi connectivity index (χ0n) is 17.2. The Morgan fingerprint density at radius 2 is 1.70 bits per heavy atom. The lowest BCUT2D eigenvalue weighted by Gasteiger charge is -2.16. The second kappa shape index (κ2) is 11.6. The van der Waals surface area contributed by atoms with E-state index in [1.807, 2.05) is 13.8 Å². The fraction of sp³-hybridized carbons (Fsp3) is 0.350. The number of anilines is 1. The molecule has 10 heteroatoms. The van der Waals surface area contributed by atoms with Crippen molar-refractivity contribution in [3.05, 3.63) is 65.2 Å². The van der Waals surface area contributed by atoms with Gasteiger partial charge in [0.05, 0.1) is 12.3 Å². The molecule has 0 saturated heterocycles. The van der Waals surface area contributed by atoms with Gasteiger partial charge in [-0.2, -0.15) is 21.6 Å². The standard InChI is InChI=1S/C18H19F3N2O4S.C2H6/c1-13-8-9-16(23-28(24,25)18(19,20)21)15(12-13)17(22-27-11-10-26-2)14-6-4-3-5-7-14;1-2/h3-9,12,23H,10-11H2,1-2H3;1-2H3/b22-17+;. The summed E-state index contributed by atoms with van der Waals surface area (Å²) in [6.45, 7) is 6.09. The van der Waals surface area contributed by atoms with E-state index in [1.165, 1.54) is 25.3 Å². The lowest BCUT2D eigenvalue weighted by atomic mass is 9.99. The zero-order valence-corrected chi connectivity index (χ0v) is 18.0. The number of halogens is 3. The van der Waals surface area contributed by atoms with Crippen LogP contribution in [0.25, 0.3) is 0 Å². The van der Waals surface area contributed by atoms with Gasteiger partial charge in [-0.3, -0.25) is 4.72 Å².